The highest BCUT2D eigenvalue weighted by atomic mass is 28.3. The monoisotopic (exact) mass is 345 g/mol. The van der Waals surface area contributed by atoms with Gasteiger partial charge < -0.3 is 15.3 Å². The Bertz CT molecular complexity index is 239. The second kappa shape index (κ2) is 16.9. The highest BCUT2D eigenvalue weighted by molar-refractivity contribution is 6.43. The van der Waals surface area contributed by atoms with Crippen molar-refractivity contribution in [1.29, 1.82) is 0 Å². The molecule has 0 aromatic rings. The van der Waals surface area contributed by atoms with Crippen molar-refractivity contribution in [2.24, 2.45) is 5.73 Å². The van der Waals surface area contributed by atoms with Crippen LogP contribution < -0.4 is 5.73 Å². The Morgan fingerprint density at radius 2 is 1.09 bits per heavy atom. The molecular weight excluding hydrogens is 302 g/mol. The summed E-state index contributed by atoms with van der Waals surface area (Å²) < 4.78 is 0. The van der Waals surface area contributed by atoms with Crippen molar-refractivity contribution >= 4 is 9.28 Å². The number of hydrogen-bond donors (Lipinski definition) is 3. The molecule has 0 fully saturated rings. The van der Waals surface area contributed by atoms with Crippen LogP contribution in [0.1, 0.15) is 110 Å². The lowest BCUT2D eigenvalue weighted by Crippen LogP contribution is -2.36. The van der Waals surface area contributed by atoms with E-state index in [1.807, 2.05) is 6.92 Å². The minimum absolute atomic E-state index is 0.0145. The lowest BCUT2D eigenvalue weighted by Gasteiger charge is -2.22. The van der Waals surface area contributed by atoms with E-state index in [-0.39, 0.29) is 11.6 Å². The van der Waals surface area contributed by atoms with Gasteiger partial charge in [-0.15, -0.1) is 0 Å². The molecule has 0 rings (SSSR count). The Balaban J connectivity index is 3.27. The van der Waals surface area contributed by atoms with Crippen LogP contribution in [-0.4, -0.2) is 24.9 Å². The van der Waals surface area contributed by atoms with Gasteiger partial charge in [0.25, 0.3) is 0 Å². The molecule has 2 unspecified atom stereocenters. The fourth-order valence-corrected chi connectivity index (χ4v) is 4.40. The molecule has 0 spiro atoms. The van der Waals surface area contributed by atoms with Gasteiger partial charge in [-0.1, -0.05) is 104 Å². The molecule has 23 heavy (non-hydrogen) atoms. The summed E-state index contributed by atoms with van der Waals surface area (Å²) in [5, 5.41) is 0. The van der Waals surface area contributed by atoms with Gasteiger partial charge in [0.2, 0.25) is 0 Å². The molecule has 140 valence electrons. The summed E-state index contributed by atoms with van der Waals surface area (Å²) in [6.07, 6.45) is 19.4. The summed E-state index contributed by atoms with van der Waals surface area (Å²) in [7, 11) is -2.56. The Morgan fingerprint density at radius 1 is 0.696 bits per heavy atom. The zero-order valence-corrected chi connectivity index (χ0v) is 17.0. The van der Waals surface area contributed by atoms with Crippen LogP contribution in [-0.2, 0) is 0 Å². The zero-order chi connectivity index (χ0) is 17.3. The third-order valence-corrected chi connectivity index (χ3v) is 6.78. The Morgan fingerprint density at radius 3 is 1.43 bits per heavy atom. The molecule has 0 heterocycles. The summed E-state index contributed by atoms with van der Waals surface area (Å²) in [5.74, 6) is 0. The zero-order valence-electron chi connectivity index (χ0n) is 15.8. The van der Waals surface area contributed by atoms with Crippen molar-refractivity contribution < 1.29 is 9.59 Å². The third kappa shape index (κ3) is 14.2. The Hall–Kier alpha value is 0.0969. The predicted molar refractivity (Wildman–Crippen MR) is 104 cm³/mol. The van der Waals surface area contributed by atoms with E-state index in [9.17, 15) is 9.59 Å². The number of unbranched alkanes of at least 4 members (excludes halogenated alkanes) is 12. The fourth-order valence-electron chi connectivity index (χ4n) is 3.35. The standard InChI is InChI=1S/C19H43NO2Si/c1-3-5-6-7-8-9-10-11-12-13-14-15-16-17-18(20)19(4-2)23(21)22/h18-19,21-23H,3-17,20H2,1-2H3. The molecule has 4 heteroatoms. The first-order valence-corrected chi connectivity index (χ1v) is 11.9. The second-order valence-electron chi connectivity index (χ2n) is 7.18. The SMILES string of the molecule is CCCCCCCCCCCCCCCC(N)C(CC)[SiH](O)O. The van der Waals surface area contributed by atoms with Crippen LogP contribution in [0.3, 0.4) is 0 Å². The first-order chi connectivity index (χ1) is 11.1. The lowest BCUT2D eigenvalue weighted by atomic mass is 10.0. The van der Waals surface area contributed by atoms with E-state index < -0.39 is 9.28 Å². The molecule has 2 atom stereocenters. The summed E-state index contributed by atoms with van der Waals surface area (Å²) >= 11 is 0. The molecule has 0 aliphatic carbocycles. The molecule has 0 aliphatic rings. The van der Waals surface area contributed by atoms with Crippen LogP contribution in [0.5, 0.6) is 0 Å². The molecule has 0 aliphatic heterocycles. The van der Waals surface area contributed by atoms with E-state index in [0.29, 0.717) is 0 Å². The van der Waals surface area contributed by atoms with Crippen molar-refractivity contribution in [2.45, 2.75) is 122 Å². The maximum atomic E-state index is 9.40. The molecule has 0 saturated carbocycles. The molecule has 0 aromatic carbocycles. The van der Waals surface area contributed by atoms with Crippen LogP contribution in [0.15, 0.2) is 0 Å². The van der Waals surface area contributed by atoms with Crippen molar-refractivity contribution in [3.63, 3.8) is 0 Å². The second-order valence-corrected chi connectivity index (χ2v) is 8.86. The Kier molecular flexibility index (Phi) is 17.0. The minimum atomic E-state index is -2.56. The molecular formula is C19H43NO2Si. The smallest absolute Gasteiger partial charge is 0.320 e. The molecule has 0 saturated heterocycles. The average Bonchev–Trinajstić information content (AvgIpc) is 2.52. The van der Waals surface area contributed by atoms with Gasteiger partial charge >= 0.3 is 9.28 Å². The quantitative estimate of drug-likeness (QED) is 0.262. The maximum absolute atomic E-state index is 9.40. The molecule has 0 bridgehead atoms. The van der Waals surface area contributed by atoms with Gasteiger partial charge in [0.05, 0.1) is 0 Å². The van der Waals surface area contributed by atoms with Gasteiger partial charge in [-0.3, -0.25) is 0 Å². The number of nitrogens with two attached hydrogens (primary N) is 1. The van der Waals surface area contributed by atoms with E-state index in [0.717, 1.165) is 19.3 Å². The van der Waals surface area contributed by atoms with Crippen molar-refractivity contribution in [2.75, 3.05) is 0 Å². The average molecular weight is 346 g/mol. The van der Waals surface area contributed by atoms with Gasteiger partial charge in [0, 0.05) is 11.6 Å². The topological polar surface area (TPSA) is 66.5 Å². The van der Waals surface area contributed by atoms with E-state index in [1.54, 1.807) is 0 Å². The predicted octanol–water partition coefficient (Wildman–Crippen LogP) is 4.78. The van der Waals surface area contributed by atoms with E-state index >= 15 is 0 Å². The van der Waals surface area contributed by atoms with Gasteiger partial charge in [0.1, 0.15) is 0 Å². The van der Waals surface area contributed by atoms with E-state index in [2.05, 4.69) is 6.92 Å². The highest BCUT2D eigenvalue weighted by Gasteiger charge is 2.24. The van der Waals surface area contributed by atoms with Gasteiger partial charge in [-0.05, 0) is 6.42 Å². The van der Waals surface area contributed by atoms with Gasteiger partial charge in [-0.2, -0.15) is 0 Å². The normalized spacial score (nSPS) is 14.3. The van der Waals surface area contributed by atoms with E-state index in [1.165, 1.54) is 77.0 Å². The first-order valence-electron chi connectivity index (χ1n) is 10.2. The van der Waals surface area contributed by atoms with Crippen LogP contribution >= 0.6 is 0 Å². The van der Waals surface area contributed by atoms with Crippen LogP contribution in [0.4, 0.5) is 0 Å². The van der Waals surface area contributed by atoms with Crippen LogP contribution in [0.2, 0.25) is 5.54 Å². The Labute approximate surface area is 146 Å². The summed E-state index contributed by atoms with van der Waals surface area (Å²) in [6, 6.07) is -0.0145. The van der Waals surface area contributed by atoms with Gasteiger partial charge in [0.15, 0.2) is 0 Å². The lowest BCUT2D eigenvalue weighted by molar-refractivity contribution is 0.357. The molecule has 0 radical (unpaired) electrons. The summed E-state index contributed by atoms with van der Waals surface area (Å²) in [6.45, 7) is 4.27. The largest absolute Gasteiger partial charge is 0.413 e. The maximum Gasteiger partial charge on any atom is 0.320 e. The van der Waals surface area contributed by atoms with Crippen molar-refractivity contribution in [1.82, 2.24) is 0 Å². The first kappa shape index (κ1) is 23.1. The molecule has 0 aromatic heterocycles. The molecule has 3 nitrogen and oxygen atoms in total. The van der Waals surface area contributed by atoms with Crippen LogP contribution in [0.25, 0.3) is 0 Å². The third-order valence-electron chi connectivity index (χ3n) is 5.05. The minimum Gasteiger partial charge on any atom is -0.413 e. The summed E-state index contributed by atoms with van der Waals surface area (Å²) in [4.78, 5) is 18.8. The number of rotatable bonds is 17. The van der Waals surface area contributed by atoms with Crippen LogP contribution in [0, 0.1) is 0 Å². The molecule has 4 N–H and O–H groups in total. The van der Waals surface area contributed by atoms with Gasteiger partial charge in [-0.25, -0.2) is 0 Å². The molecule has 0 amide bonds. The highest BCUT2D eigenvalue weighted by Crippen LogP contribution is 2.21. The van der Waals surface area contributed by atoms with E-state index in [4.69, 9.17) is 5.73 Å². The number of hydrogen-bond acceptors (Lipinski definition) is 3. The van der Waals surface area contributed by atoms with Crippen molar-refractivity contribution in [3.8, 4) is 0 Å². The summed E-state index contributed by atoms with van der Waals surface area (Å²) in [5.41, 5.74) is 6.05. The fraction of sp³-hybridized carbons (Fsp3) is 1.00. The van der Waals surface area contributed by atoms with Crippen molar-refractivity contribution in [3.05, 3.63) is 0 Å².